The van der Waals surface area contributed by atoms with Gasteiger partial charge in [-0.3, -0.25) is 0 Å². The molecule has 0 bridgehead atoms. The van der Waals surface area contributed by atoms with E-state index in [0.717, 1.165) is 24.4 Å². The molecule has 4 rings (SSSR count). The number of benzene rings is 1. The lowest BCUT2D eigenvalue weighted by molar-refractivity contribution is 0.122. The van der Waals surface area contributed by atoms with Crippen molar-refractivity contribution in [2.45, 2.75) is 6.92 Å². The highest BCUT2D eigenvalue weighted by Crippen LogP contribution is 2.31. The zero-order valence-electron chi connectivity index (χ0n) is 14.6. The Morgan fingerprint density at radius 3 is 2.77 bits per heavy atom. The van der Waals surface area contributed by atoms with E-state index in [1.54, 1.807) is 6.20 Å². The van der Waals surface area contributed by atoms with Crippen molar-refractivity contribution in [2.75, 3.05) is 43.5 Å². The summed E-state index contributed by atoms with van der Waals surface area (Å²) < 4.78 is 11.2. The molecule has 2 N–H and O–H groups in total. The number of morpholine rings is 1. The third kappa shape index (κ3) is 3.11. The fourth-order valence-corrected chi connectivity index (χ4v) is 2.99. The molecule has 0 aliphatic carbocycles. The van der Waals surface area contributed by atoms with E-state index in [-0.39, 0.29) is 5.95 Å². The molecule has 26 heavy (non-hydrogen) atoms. The fourth-order valence-electron chi connectivity index (χ4n) is 2.99. The lowest BCUT2D eigenvalue weighted by Gasteiger charge is -2.28. The van der Waals surface area contributed by atoms with Gasteiger partial charge >= 0.3 is 0 Å². The van der Waals surface area contributed by atoms with Gasteiger partial charge in [-0.25, -0.2) is 9.97 Å². The molecule has 1 aromatic carbocycles. The quantitative estimate of drug-likeness (QED) is 0.760. The van der Waals surface area contributed by atoms with Gasteiger partial charge in [-0.2, -0.15) is 9.97 Å². The van der Waals surface area contributed by atoms with Crippen LogP contribution < -0.4 is 15.4 Å². The molecule has 0 radical (unpaired) electrons. The number of para-hydroxylation sites is 1. The summed E-state index contributed by atoms with van der Waals surface area (Å²) in [5.74, 6) is 1.66. The maximum atomic E-state index is 5.88. The highest BCUT2D eigenvalue weighted by Gasteiger charge is 2.19. The van der Waals surface area contributed by atoms with Crippen LogP contribution in [0.15, 0.2) is 30.5 Å². The maximum absolute atomic E-state index is 5.88. The van der Waals surface area contributed by atoms with Gasteiger partial charge in [0.2, 0.25) is 5.95 Å². The summed E-state index contributed by atoms with van der Waals surface area (Å²) in [4.78, 5) is 20.0. The smallest absolute Gasteiger partial charge is 0.224 e. The van der Waals surface area contributed by atoms with Crippen molar-refractivity contribution in [3.63, 3.8) is 0 Å². The number of anilines is 2. The van der Waals surface area contributed by atoms with Crippen LogP contribution in [0.25, 0.3) is 22.4 Å². The molecule has 1 aliphatic rings. The van der Waals surface area contributed by atoms with E-state index >= 15 is 0 Å². The Morgan fingerprint density at radius 1 is 1.15 bits per heavy atom. The Kier molecular flexibility index (Phi) is 4.49. The fraction of sp³-hybridized carbons (Fsp3) is 0.333. The van der Waals surface area contributed by atoms with Gasteiger partial charge in [0.15, 0.2) is 17.0 Å². The van der Waals surface area contributed by atoms with E-state index in [1.807, 2.05) is 31.2 Å². The van der Waals surface area contributed by atoms with Crippen LogP contribution in [0.1, 0.15) is 6.92 Å². The van der Waals surface area contributed by atoms with E-state index in [1.165, 1.54) is 0 Å². The van der Waals surface area contributed by atoms with E-state index in [2.05, 4.69) is 19.9 Å². The van der Waals surface area contributed by atoms with Gasteiger partial charge in [0.25, 0.3) is 0 Å². The third-order valence-electron chi connectivity index (χ3n) is 4.18. The standard InChI is InChI=1S/C18H20N6O2/c1-2-26-14-6-4-3-5-12(14)13-11-20-16-15(21-13)17(23-18(19)22-16)24-7-9-25-10-8-24/h3-6,11H,2,7-10H2,1H3,(H2,19,20,22,23). The number of nitrogens with two attached hydrogens (primary N) is 1. The minimum Gasteiger partial charge on any atom is -0.493 e. The van der Waals surface area contributed by atoms with Gasteiger partial charge in [-0.05, 0) is 19.1 Å². The Hall–Kier alpha value is -3.00. The predicted molar refractivity (Wildman–Crippen MR) is 99.2 cm³/mol. The lowest BCUT2D eigenvalue weighted by Crippen LogP contribution is -2.37. The van der Waals surface area contributed by atoms with Gasteiger partial charge in [0, 0.05) is 18.7 Å². The largest absolute Gasteiger partial charge is 0.493 e. The minimum absolute atomic E-state index is 0.191. The number of rotatable bonds is 4. The van der Waals surface area contributed by atoms with Crippen molar-refractivity contribution in [3.05, 3.63) is 30.5 Å². The number of fused-ring (bicyclic) bond motifs is 1. The first-order chi connectivity index (χ1) is 12.8. The second-order valence-electron chi connectivity index (χ2n) is 5.86. The Balaban J connectivity index is 1.85. The zero-order valence-corrected chi connectivity index (χ0v) is 14.6. The molecular formula is C18H20N6O2. The zero-order chi connectivity index (χ0) is 17.9. The number of aromatic nitrogens is 4. The minimum atomic E-state index is 0.191. The monoisotopic (exact) mass is 352 g/mol. The molecular weight excluding hydrogens is 332 g/mol. The van der Waals surface area contributed by atoms with Crippen molar-refractivity contribution < 1.29 is 9.47 Å². The molecule has 8 heteroatoms. The topological polar surface area (TPSA) is 99.3 Å². The summed E-state index contributed by atoms with van der Waals surface area (Å²) in [5, 5.41) is 0. The van der Waals surface area contributed by atoms with E-state index in [0.29, 0.717) is 42.5 Å². The summed E-state index contributed by atoms with van der Waals surface area (Å²) in [7, 11) is 0. The summed E-state index contributed by atoms with van der Waals surface area (Å²) in [6, 6.07) is 7.78. The molecule has 3 aromatic rings. The second kappa shape index (κ2) is 7.09. The molecule has 8 nitrogen and oxygen atoms in total. The Labute approximate surface area is 151 Å². The summed E-state index contributed by atoms with van der Waals surface area (Å²) >= 11 is 0. The Bertz CT molecular complexity index is 927. The van der Waals surface area contributed by atoms with Crippen LogP contribution in [0.3, 0.4) is 0 Å². The second-order valence-corrected chi connectivity index (χ2v) is 5.86. The first kappa shape index (κ1) is 16.5. The van der Waals surface area contributed by atoms with Crippen molar-refractivity contribution in [3.8, 4) is 17.0 Å². The van der Waals surface area contributed by atoms with E-state index in [9.17, 15) is 0 Å². The first-order valence-corrected chi connectivity index (χ1v) is 8.61. The summed E-state index contributed by atoms with van der Waals surface area (Å²) in [5.41, 5.74) is 8.58. The molecule has 1 fully saturated rings. The number of nitrogen functional groups attached to an aromatic ring is 1. The molecule has 2 aromatic heterocycles. The molecule has 0 atom stereocenters. The van der Waals surface area contributed by atoms with E-state index in [4.69, 9.17) is 20.2 Å². The molecule has 1 saturated heterocycles. The summed E-state index contributed by atoms with van der Waals surface area (Å²) in [6.45, 7) is 5.28. The van der Waals surface area contributed by atoms with Crippen LogP contribution in [0, 0.1) is 0 Å². The summed E-state index contributed by atoms with van der Waals surface area (Å²) in [6.07, 6.45) is 1.69. The van der Waals surface area contributed by atoms with Crippen LogP contribution in [0.4, 0.5) is 11.8 Å². The van der Waals surface area contributed by atoms with Gasteiger partial charge in [0.05, 0.1) is 31.7 Å². The molecule has 0 spiro atoms. The lowest BCUT2D eigenvalue weighted by atomic mass is 10.1. The molecule has 0 unspecified atom stereocenters. The molecule has 1 aliphatic heterocycles. The molecule has 0 saturated carbocycles. The number of hydrogen-bond acceptors (Lipinski definition) is 8. The average molecular weight is 352 g/mol. The van der Waals surface area contributed by atoms with Crippen molar-refractivity contribution >= 4 is 22.9 Å². The number of hydrogen-bond donors (Lipinski definition) is 1. The predicted octanol–water partition coefficient (Wildman–Crippen LogP) is 1.90. The van der Waals surface area contributed by atoms with Gasteiger partial charge in [0.1, 0.15) is 5.75 Å². The van der Waals surface area contributed by atoms with Crippen LogP contribution in [0.5, 0.6) is 5.75 Å². The Morgan fingerprint density at radius 2 is 1.96 bits per heavy atom. The van der Waals surface area contributed by atoms with Gasteiger partial charge < -0.3 is 20.1 Å². The molecule has 0 amide bonds. The molecule has 3 heterocycles. The van der Waals surface area contributed by atoms with Crippen LogP contribution >= 0.6 is 0 Å². The third-order valence-corrected chi connectivity index (χ3v) is 4.18. The average Bonchev–Trinajstić information content (AvgIpc) is 2.68. The van der Waals surface area contributed by atoms with Crippen LogP contribution in [-0.2, 0) is 4.74 Å². The molecule has 134 valence electrons. The van der Waals surface area contributed by atoms with Crippen molar-refractivity contribution in [1.82, 2.24) is 19.9 Å². The first-order valence-electron chi connectivity index (χ1n) is 8.61. The van der Waals surface area contributed by atoms with Crippen molar-refractivity contribution in [1.29, 1.82) is 0 Å². The highest BCUT2D eigenvalue weighted by atomic mass is 16.5. The normalized spacial score (nSPS) is 14.6. The SMILES string of the molecule is CCOc1ccccc1-c1cnc2nc(N)nc(N3CCOCC3)c2n1. The van der Waals surface area contributed by atoms with Crippen LogP contribution in [-0.4, -0.2) is 52.8 Å². The van der Waals surface area contributed by atoms with Crippen molar-refractivity contribution in [2.24, 2.45) is 0 Å². The number of nitrogens with zero attached hydrogens (tertiary/aromatic N) is 5. The van der Waals surface area contributed by atoms with Crippen LogP contribution in [0.2, 0.25) is 0 Å². The van der Waals surface area contributed by atoms with Gasteiger partial charge in [-0.1, -0.05) is 12.1 Å². The van der Waals surface area contributed by atoms with E-state index < -0.39 is 0 Å². The highest BCUT2D eigenvalue weighted by molar-refractivity contribution is 5.86. The maximum Gasteiger partial charge on any atom is 0.224 e. The number of ether oxygens (including phenoxy) is 2. The van der Waals surface area contributed by atoms with Gasteiger partial charge in [-0.15, -0.1) is 0 Å².